The monoisotopic (exact) mass is 170 g/mol. The molecular formula is C8H14N2O2. The van der Waals surface area contributed by atoms with Gasteiger partial charge in [-0.3, -0.25) is 4.79 Å². The molecule has 0 aromatic rings. The molecule has 0 saturated heterocycles. The molecule has 3 N–H and O–H groups in total. The van der Waals surface area contributed by atoms with Crippen molar-refractivity contribution in [2.45, 2.75) is 19.3 Å². The fraction of sp³-hybridized carbons (Fsp3) is 0.625. The Morgan fingerprint density at radius 1 is 1.42 bits per heavy atom. The molecule has 0 bridgehead atoms. The highest BCUT2D eigenvalue weighted by molar-refractivity contribution is 6.30. The summed E-state index contributed by atoms with van der Waals surface area (Å²) in [4.78, 5) is 20.5. The number of nitrogens with two attached hydrogens (primary N) is 1. The van der Waals surface area contributed by atoms with E-state index in [1.54, 1.807) is 0 Å². The molecule has 0 amide bonds. The minimum absolute atomic E-state index is 0.137. The Morgan fingerprint density at radius 2 is 2.08 bits per heavy atom. The summed E-state index contributed by atoms with van der Waals surface area (Å²) in [5.74, 6) is -0.533. The number of carbonyl (C=O) groups is 2. The lowest BCUT2D eigenvalue weighted by atomic mass is 9.99. The summed E-state index contributed by atoms with van der Waals surface area (Å²) in [5, 5.41) is 7.10. The summed E-state index contributed by atoms with van der Waals surface area (Å²) >= 11 is 0. The molecule has 0 fully saturated rings. The minimum atomic E-state index is -0.533. The van der Waals surface area contributed by atoms with E-state index in [-0.39, 0.29) is 5.71 Å². The molecule has 0 aliphatic carbocycles. The van der Waals surface area contributed by atoms with Crippen molar-refractivity contribution >= 4 is 18.3 Å². The Balaban J connectivity index is 3.75. The van der Waals surface area contributed by atoms with E-state index in [9.17, 15) is 9.59 Å². The topological polar surface area (TPSA) is 84.0 Å². The molecule has 0 rings (SSSR count). The van der Waals surface area contributed by atoms with Crippen LogP contribution in [0.25, 0.3) is 0 Å². The Hall–Kier alpha value is -1.03. The van der Waals surface area contributed by atoms with Gasteiger partial charge in [-0.2, -0.15) is 0 Å². The first-order valence-corrected chi connectivity index (χ1v) is 3.95. The van der Waals surface area contributed by atoms with Crippen molar-refractivity contribution in [2.75, 3.05) is 6.54 Å². The number of rotatable bonds is 7. The molecule has 1 atom stereocenters. The van der Waals surface area contributed by atoms with E-state index >= 15 is 0 Å². The lowest BCUT2D eigenvalue weighted by molar-refractivity contribution is -0.110. The van der Waals surface area contributed by atoms with Crippen LogP contribution in [0.3, 0.4) is 0 Å². The third-order valence-electron chi connectivity index (χ3n) is 1.66. The molecule has 0 aromatic carbocycles. The molecule has 0 aliphatic heterocycles. The van der Waals surface area contributed by atoms with Crippen LogP contribution in [0.15, 0.2) is 0 Å². The molecule has 0 radical (unpaired) electrons. The normalized spacial score (nSPS) is 12.1. The van der Waals surface area contributed by atoms with Crippen molar-refractivity contribution in [1.82, 2.24) is 0 Å². The average Bonchev–Trinajstić information content (AvgIpc) is 2.11. The standard InChI is InChI=1S/C8H14N2O2/c9-4-2-1-3-7(5-11)8(10)6-12/h5-7,10H,1-4,9H2. The maximum atomic E-state index is 10.4. The molecular weight excluding hydrogens is 156 g/mol. The van der Waals surface area contributed by atoms with Crippen LogP contribution in [0.2, 0.25) is 0 Å². The van der Waals surface area contributed by atoms with Gasteiger partial charge in [0.05, 0.1) is 11.6 Å². The van der Waals surface area contributed by atoms with Crippen molar-refractivity contribution in [1.29, 1.82) is 5.41 Å². The van der Waals surface area contributed by atoms with E-state index in [4.69, 9.17) is 11.1 Å². The van der Waals surface area contributed by atoms with Gasteiger partial charge >= 0.3 is 0 Å². The molecule has 0 saturated carbocycles. The van der Waals surface area contributed by atoms with E-state index in [1.807, 2.05) is 0 Å². The summed E-state index contributed by atoms with van der Waals surface area (Å²) in [6.07, 6.45) is 3.24. The Bertz CT molecular complexity index is 168. The maximum absolute atomic E-state index is 10.4. The van der Waals surface area contributed by atoms with Crippen LogP contribution in [0.5, 0.6) is 0 Å². The van der Waals surface area contributed by atoms with Crippen molar-refractivity contribution in [3.63, 3.8) is 0 Å². The van der Waals surface area contributed by atoms with Gasteiger partial charge in [0.1, 0.15) is 6.29 Å². The van der Waals surface area contributed by atoms with E-state index < -0.39 is 5.92 Å². The second kappa shape index (κ2) is 6.67. The molecule has 0 spiro atoms. The van der Waals surface area contributed by atoms with Crippen LogP contribution in [0, 0.1) is 11.3 Å². The van der Waals surface area contributed by atoms with Crippen LogP contribution in [-0.4, -0.2) is 24.8 Å². The molecule has 0 heterocycles. The van der Waals surface area contributed by atoms with E-state index in [2.05, 4.69) is 0 Å². The third-order valence-corrected chi connectivity index (χ3v) is 1.66. The average molecular weight is 170 g/mol. The molecule has 4 heteroatoms. The van der Waals surface area contributed by atoms with Gasteiger partial charge < -0.3 is 15.9 Å². The van der Waals surface area contributed by atoms with Crippen molar-refractivity contribution in [2.24, 2.45) is 11.7 Å². The largest absolute Gasteiger partial charge is 0.330 e. The number of carbonyl (C=O) groups excluding carboxylic acids is 2. The lowest BCUT2D eigenvalue weighted by Crippen LogP contribution is -2.16. The Morgan fingerprint density at radius 3 is 2.50 bits per heavy atom. The maximum Gasteiger partial charge on any atom is 0.164 e. The summed E-state index contributed by atoms with van der Waals surface area (Å²) in [6.45, 7) is 0.583. The minimum Gasteiger partial charge on any atom is -0.330 e. The first-order chi connectivity index (χ1) is 5.76. The molecule has 0 aromatic heterocycles. The van der Waals surface area contributed by atoms with Gasteiger partial charge in [0, 0.05) is 0 Å². The van der Waals surface area contributed by atoms with Crippen LogP contribution < -0.4 is 5.73 Å². The number of nitrogens with one attached hydrogen (secondary N) is 1. The second-order valence-corrected chi connectivity index (χ2v) is 2.60. The smallest absolute Gasteiger partial charge is 0.164 e. The molecule has 1 unspecified atom stereocenters. The van der Waals surface area contributed by atoms with E-state index in [0.717, 1.165) is 12.8 Å². The molecule has 0 aliphatic rings. The van der Waals surface area contributed by atoms with Gasteiger partial charge in [-0.15, -0.1) is 0 Å². The van der Waals surface area contributed by atoms with Crippen molar-refractivity contribution in [3.05, 3.63) is 0 Å². The number of aldehydes is 2. The predicted octanol–water partition coefficient (Wildman–Crippen LogP) is 0.149. The summed E-state index contributed by atoms with van der Waals surface area (Å²) in [5.41, 5.74) is 5.12. The number of hydrogen-bond donors (Lipinski definition) is 2. The van der Waals surface area contributed by atoms with Crippen LogP contribution in [0.1, 0.15) is 19.3 Å². The Kier molecular flexibility index (Phi) is 6.09. The summed E-state index contributed by atoms with van der Waals surface area (Å²) < 4.78 is 0. The van der Waals surface area contributed by atoms with Gasteiger partial charge in [0.15, 0.2) is 6.29 Å². The quantitative estimate of drug-likeness (QED) is 0.324. The van der Waals surface area contributed by atoms with Crippen LogP contribution in [0.4, 0.5) is 0 Å². The lowest BCUT2D eigenvalue weighted by Gasteiger charge is -2.05. The highest BCUT2D eigenvalue weighted by atomic mass is 16.1. The highest BCUT2D eigenvalue weighted by Crippen LogP contribution is 2.05. The number of hydrogen-bond acceptors (Lipinski definition) is 4. The number of unbranched alkanes of at least 4 members (excludes halogenated alkanes) is 1. The fourth-order valence-electron chi connectivity index (χ4n) is 0.893. The third kappa shape index (κ3) is 3.98. The summed E-state index contributed by atoms with van der Waals surface area (Å²) in [7, 11) is 0. The van der Waals surface area contributed by atoms with Gasteiger partial charge in [-0.1, -0.05) is 6.42 Å². The Labute approximate surface area is 71.6 Å². The SMILES string of the molecule is N=C(C=O)C(C=O)CCCCN. The summed E-state index contributed by atoms with van der Waals surface area (Å²) in [6, 6.07) is 0. The first kappa shape index (κ1) is 11.0. The molecule has 12 heavy (non-hydrogen) atoms. The van der Waals surface area contributed by atoms with Gasteiger partial charge in [0.2, 0.25) is 0 Å². The van der Waals surface area contributed by atoms with Gasteiger partial charge in [-0.25, -0.2) is 0 Å². The fourth-order valence-corrected chi connectivity index (χ4v) is 0.893. The molecule has 68 valence electrons. The first-order valence-electron chi connectivity index (χ1n) is 3.95. The zero-order valence-corrected chi connectivity index (χ0v) is 6.95. The van der Waals surface area contributed by atoms with Crippen molar-refractivity contribution < 1.29 is 9.59 Å². The molecule has 4 nitrogen and oxygen atoms in total. The van der Waals surface area contributed by atoms with Gasteiger partial charge in [-0.05, 0) is 19.4 Å². The van der Waals surface area contributed by atoms with Crippen LogP contribution >= 0.6 is 0 Å². The van der Waals surface area contributed by atoms with Gasteiger partial charge in [0.25, 0.3) is 0 Å². The van der Waals surface area contributed by atoms with E-state index in [1.165, 1.54) is 0 Å². The second-order valence-electron chi connectivity index (χ2n) is 2.60. The zero-order valence-electron chi connectivity index (χ0n) is 6.95. The van der Waals surface area contributed by atoms with Crippen molar-refractivity contribution in [3.8, 4) is 0 Å². The zero-order chi connectivity index (χ0) is 9.40. The highest BCUT2D eigenvalue weighted by Gasteiger charge is 2.11. The van der Waals surface area contributed by atoms with Crippen LogP contribution in [-0.2, 0) is 9.59 Å². The predicted molar refractivity (Wildman–Crippen MR) is 46.3 cm³/mol. The van der Waals surface area contributed by atoms with E-state index in [0.29, 0.717) is 25.5 Å².